The SMILES string of the molecule is Cc1cccc(NCc2cccc(OC(F)(F)F)c2)c1Br. The van der Waals surface area contributed by atoms with E-state index < -0.39 is 6.36 Å². The topological polar surface area (TPSA) is 21.3 Å². The highest BCUT2D eigenvalue weighted by atomic mass is 79.9. The fraction of sp³-hybridized carbons (Fsp3) is 0.200. The van der Waals surface area contributed by atoms with E-state index in [1.807, 2.05) is 25.1 Å². The lowest BCUT2D eigenvalue weighted by molar-refractivity contribution is -0.274. The third-order valence-electron chi connectivity index (χ3n) is 2.81. The summed E-state index contributed by atoms with van der Waals surface area (Å²) in [6, 6.07) is 11.7. The number of rotatable bonds is 4. The highest BCUT2D eigenvalue weighted by Gasteiger charge is 2.31. The molecule has 0 saturated carbocycles. The second-order valence-electron chi connectivity index (χ2n) is 4.49. The standard InChI is InChI=1S/C15H13BrF3NO/c1-10-4-2-7-13(14(10)16)20-9-11-5-3-6-12(8-11)21-15(17,18)19/h2-8,20H,9H2,1H3. The van der Waals surface area contributed by atoms with Gasteiger partial charge in [-0.1, -0.05) is 24.3 Å². The molecule has 112 valence electrons. The number of nitrogens with one attached hydrogen (secondary N) is 1. The quantitative estimate of drug-likeness (QED) is 0.802. The average Bonchev–Trinajstić information content (AvgIpc) is 2.39. The molecule has 0 aliphatic carbocycles. The van der Waals surface area contributed by atoms with Crippen LogP contribution in [-0.2, 0) is 6.54 Å². The molecule has 2 aromatic carbocycles. The molecule has 0 unspecified atom stereocenters. The molecule has 0 bridgehead atoms. The Morgan fingerprint density at radius 3 is 2.57 bits per heavy atom. The van der Waals surface area contributed by atoms with Crippen molar-refractivity contribution in [2.24, 2.45) is 0 Å². The summed E-state index contributed by atoms with van der Waals surface area (Å²) in [6.07, 6.45) is -4.67. The maximum absolute atomic E-state index is 12.2. The molecular weight excluding hydrogens is 347 g/mol. The van der Waals surface area contributed by atoms with Crippen molar-refractivity contribution in [3.05, 3.63) is 58.1 Å². The number of ether oxygens (including phenoxy) is 1. The third kappa shape index (κ3) is 4.67. The van der Waals surface area contributed by atoms with Crippen LogP contribution in [0, 0.1) is 6.92 Å². The number of benzene rings is 2. The Bertz CT molecular complexity index is 629. The molecule has 0 aliphatic heterocycles. The Hall–Kier alpha value is -1.69. The predicted molar refractivity (Wildman–Crippen MR) is 79.3 cm³/mol. The zero-order valence-corrected chi connectivity index (χ0v) is 12.8. The van der Waals surface area contributed by atoms with E-state index in [1.165, 1.54) is 18.2 Å². The molecule has 6 heteroatoms. The minimum absolute atomic E-state index is 0.217. The van der Waals surface area contributed by atoms with Crippen LogP contribution in [0.15, 0.2) is 46.9 Å². The summed E-state index contributed by atoms with van der Waals surface area (Å²) in [5.74, 6) is -0.217. The molecule has 0 fully saturated rings. The minimum Gasteiger partial charge on any atom is -0.406 e. The van der Waals surface area contributed by atoms with Gasteiger partial charge in [0.2, 0.25) is 0 Å². The van der Waals surface area contributed by atoms with Crippen molar-refractivity contribution in [3.8, 4) is 5.75 Å². The van der Waals surface area contributed by atoms with Crippen molar-refractivity contribution in [2.75, 3.05) is 5.32 Å². The lowest BCUT2D eigenvalue weighted by Crippen LogP contribution is -2.17. The van der Waals surface area contributed by atoms with Crippen LogP contribution >= 0.6 is 15.9 Å². The Kier molecular flexibility index (Phi) is 4.77. The zero-order chi connectivity index (χ0) is 15.5. The number of aryl methyl sites for hydroxylation is 1. The van der Waals surface area contributed by atoms with Crippen LogP contribution in [0.3, 0.4) is 0 Å². The first-order chi connectivity index (χ1) is 9.85. The summed E-state index contributed by atoms with van der Waals surface area (Å²) in [4.78, 5) is 0. The lowest BCUT2D eigenvalue weighted by Gasteiger charge is -2.12. The number of hydrogen-bond acceptors (Lipinski definition) is 2. The number of alkyl halides is 3. The number of anilines is 1. The molecule has 0 aromatic heterocycles. The summed E-state index contributed by atoms with van der Waals surface area (Å²) >= 11 is 3.47. The summed E-state index contributed by atoms with van der Waals surface area (Å²) in [6.45, 7) is 2.37. The van der Waals surface area contributed by atoms with E-state index in [4.69, 9.17) is 0 Å². The molecule has 0 saturated heterocycles. The molecule has 2 rings (SSSR count). The van der Waals surface area contributed by atoms with Crippen molar-refractivity contribution in [3.63, 3.8) is 0 Å². The van der Waals surface area contributed by atoms with Gasteiger partial charge in [-0.3, -0.25) is 0 Å². The molecule has 0 aliphatic rings. The van der Waals surface area contributed by atoms with Gasteiger partial charge in [-0.2, -0.15) is 0 Å². The Balaban J connectivity index is 2.07. The van der Waals surface area contributed by atoms with Gasteiger partial charge in [0.25, 0.3) is 0 Å². The lowest BCUT2D eigenvalue weighted by atomic mass is 10.2. The Morgan fingerprint density at radius 1 is 1.14 bits per heavy atom. The summed E-state index contributed by atoms with van der Waals surface area (Å²) in [7, 11) is 0. The summed E-state index contributed by atoms with van der Waals surface area (Å²) in [5, 5.41) is 3.18. The first-order valence-corrected chi connectivity index (χ1v) is 6.98. The Labute approximate surface area is 129 Å². The first kappa shape index (κ1) is 15.7. The molecule has 1 N–H and O–H groups in total. The molecule has 0 heterocycles. The van der Waals surface area contributed by atoms with Gasteiger partial charge >= 0.3 is 6.36 Å². The predicted octanol–water partition coefficient (Wildman–Crippen LogP) is 5.27. The van der Waals surface area contributed by atoms with Gasteiger partial charge in [-0.25, -0.2) is 0 Å². The van der Waals surface area contributed by atoms with Crippen LogP contribution in [0.2, 0.25) is 0 Å². The second-order valence-corrected chi connectivity index (χ2v) is 5.28. The van der Waals surface area contributed by atoms with Crippen LogP contribution in [0.1, 0.15) is 11.1 Å². The maximum atomic E-state index is 12.2. The number of hydrogen-bond donors (Lipinski definition) is 1. The third-order valence-corrected chi connectivity index (χ3v) is 3.86. The molecule has 2 aromatic rings. The van der Waals surface area contributed by atoms with Crippen LogP contribution in [0.5, 0.6) is 5.75 Å². The van der Waals surface area contributed by atoms with Gasteiger partial charge in [0.15, 0.2) is 0 Å². The van der Waals surface area contributed by atoms with Crippen molar-refractivity contribution < 1.29 is 17.9 Å². The fourth-order valence-corrected chi connectivity index (χ4v) is 2.24. The molecule has 0 atom stereocenters. The summed E-state index contributed by atoms with van der Waals surface area (Å²) < 4.78 is 41.4. The van der Waals surface area contributed by atoms with Crippen LogP contribution in [0.4, 0.5) is 18.9 Å². The minimum atomic E-state index is -4.67. The normalized spacial score (nSPS) is 11.3. The van der Waals surface area contributed by atoms with Crippen LogP contribution in [0.25, 0.3) is 0 Å². The van der Waals surface area contributed by atoms with Crippen molar-refractivity contribution in [1.82, 2.24) is 0 Å². The molecule has 0 radical (unpaired) electrons. The molecule has 0 amide bonds. The summed E-state index contributed by atoms with van der Waals surface area (Å²) in [5.41, 5.74) is 2.66. The van der Waals surface area contributed by atoms with E-state index in [0.717, 1.165) is 15.7 Å². The van der Waals surface area contributed by atoms with E-state index >= 15 is 0 Å². The average molecular weight is 360 g/mol. The maximum Gasteiger partial charge on any atom is 0.573 e. The fourth-order valence-electron chi connectivity index (χ4n) is 1.83. The van der Waals surface area contributed by atoms with E-state index in [1.54, 1.807) is 6.07 Å². The molecular formula is C15H13BrF3NO. The van der Waals surface area contributed by atoms with Crippen LogP contribution < -0.4 is 10.1 Å². The monoisotopic (exact) mass is 359 g/mol. The van der Waals surface area contributed by atoms with E-state index in [9.17, 15) is 13.2 Å². The Morgan fingerprint density at radius 2 is 1.86 bits per heavy atom. The van der Waals surface area contributed by atoms with Gasteiger partial charge in [-0.15, -0.1) is 13.2 Å². The number of halogens is 4. The zero-order valence-electron chi connectivity index (χ0n) is 11.2. The van der Waals surface area contributed by atoms with Crippen molar-refractivity contribution >= 4 is 21.6 Å². The van der Waals surface area contributed by atoms with E-state index in [2.05, 4.69) is 26.0 Å². The largest absolute Gasteiger partial charge is 0.573 e. The van der Waals surface area contributed by atoms with E-state index in [-0.39, 0.29) is 5.75 Å². The van der Waals surface area contributed by atoms with Gasteiger partial charge in [0, 0.05) is 16.7 Å². The van der Waals surface area contributed by atoms with Gasteiger partial charge < -0.3 is 10.1 Å². The highest BCUT2D eigenvalue weighted by molar-refractivity contribution is 9.10. The van der Waals surface area contributed by atoms with Crippen molar-refractivity contribution in [2.45, 2.75) is 19.8 Å². The second kappa shape index (κ2) is 6.39. The first-order valence-electron chi connectivity index (χ1n) is 6.19. The van der Waals surface area contributed by atoms with Gasteiger partial charge in [0.1, 0.15) is 5.75 Å². The van der Waals surface area contributed by atoms with Gasteiger partial charge in [0.05, 0.1) is 0 Å². The van der Waals surface area contributed by atoms with Crippen molar-refractivity contribution in [1.29, 1.82) is 0 Å². The van der Waals surface area contributed by atoms with E-state index in [0.29, 0.717) is 12.1 Å². The molecule has 21 heavy (non-hydrogen) atoms. The molecule has 0 spiro atoms. The van der Waals surface area contributed by atoms with Gasteiger partial charge in [-0.05, 0) is 52.2 Å². The molecule has 2 nitrogen and oxygen atoms in total. The smallest absolute Gasteiger partial charge is 0.406 e. The highest BCUT2D eigenvalue weighted by Crippen LogP contribution is 2.27. The van der Waals surface area contributed by atoms with Crippen LogP contribution in [-0.4, -0.2) is 6.36 Å².